The zero-order valence-electron chi connectivity index (χ0n) is 9.94. The summed E-state index contributed by atoms with van der Waals surface area (Å²) >= 11 is 5.81. The smallest absolute Gasteiger partial charge is 0.299 e. The molecule has 1 aliphatic heterocycles. The Kier molecular flexibility index (Phi) is 3.28. The molecule has 0 spiro atoms. The molecule has 2 amide bonds. The van der Waals surface area contributed by atoms with Gasteiger partial charge in [0.1, 0.15) is 5.82 Å². The van der Waals surface area contributed by atoms with Crippen LogP contribution in [0.4, 0.5) is 10.1 Å². The normalized spacial score (nSPS) is 15.6. The average Bonchev–Trinajstić information content (AvgIpc) is 2.60. The number of carbonyl (C=O) groups excluding carboxylic acids is 3. The number of nitrogens with two attached hydrogens (primary N) is 1. The Balaban J connectivity index is 2.50. The number of benzene rings is 1. The first-order chi connectivity index (χ1) is 8.84. The van der Waals surface area contributed by atoms with Gasteiger partial charge in [-0.05, 0) is 12.1 Å². The largest absolute Gasteiger partial charge is 0.369 e. The maximum absolute atomic E-state index is 13.8. The van der Waals surface area contributed by atoms with Crippen LogP contribution in [-0.2, 0) is 9.59 Å². The molecule has 5 nitrogen and oxygen atoms in total. The Labute approximate surface area is 113 Å². The van der Waals surface area contributed by atoms with E-state index in [1.165, 1.54) is 13.0 Å². The van der Waals surface area contributed by atoms with Crippen LogP contribution in [0.3, 0.4) is 0 Å². The Morgan fingerprint density at radius 1 is 1.47 bits per heavy atom. The van der Waals surface area contributed by atoms with Gasteiger partial charge in [0.25, 0.3) is 11.7 Å². The van der Waals surface area contributed by atoms with Crippen molar-refractivity contribution >= 4 is 34.9 Å². The van der Waals surface area contributed by atoms with E-state index < -0.39 is 29.3 Å². The van der Waals surface area contributed by atoms with Crippen molar-refractivity contribution in [3.05, 3.63) is 28.5 Å². The molecule has 1 aromatic carbocycles. The molecule has 100 valence electrons. The molecule has 1 aromatic rings. The van der Waals surface area contributed by atoms with Gasteiger partial charge in [-0.3, -0.25) is 14.4 Å². The number of hydrogen-bond acceptors (Lipinski definition) is 3. The van der Waals surface area contributed by atoms with E-state index in [1.54, 1.807) is 0 Å². The molecule has 0 bridgehead atoms. The minimum atomic E-state index is -0.907. The molecular weight excluding hydrogens is 275 g/mol. The van der Waals surface area contributed by atoms with Gasteiger partial charge in [-0.2, -0.15) is 0 Å². The van der Waals surface area contributed by atoms with Gasteiger partial charge < -0.3 is 10.6 Å². The maximum atomic E-state index is 13.8. The third kappa shape index (κ3) is 2.08. The molecule has 2 N–H and O–H groups in total. The van der Waals surface area contributed by atoms with Crippen LogP contribution < -0.4 is 10.6 Å². The number of primary amides is 1. The van der Waals surface area contributed by atoms with E-state index in [4.69, 9.17) is 17.3 Å². The zero-order valence-corrected chi connectivity index (χ0v) is 10.7. The third-order valence-electron chi connectivity index (χ3n) is 2.96. The molecule has 0 saturated carbocycles. The fraction of sp³-hybridized carbons (Fsp3) is 0.250. The van der Waals surface area contributed by atoms with Crippen molar-refractivity contribution in [1.82, 2.24) is 0 Å². The first-order valence-electron chi connectivity index (χ1n) is 5.48. The van der Waals surface area contributed by atoms with E-state index in [2.05, 4.69) is 0 Å². The maximum Gasteiger partial charge on any atom is 0.299 e. The van der Waals surface area contributed by atoms with Crippen LogP contribution in [0, 0.1) is 11.7 Å². The molecule has 0 saturated heterocycles. The Hall–Kier alpha value is -1.95. The number of nitrogens with zero attached hydrogens (tertiary/aromatic N) is 1. The van der Waals surface area contributed by atoms with Crippen molar-refractivity contribution in [3.8, 4) is 0 Å². The predicted molar refractivity (Wildman–Crippen MR) is 66.5 cm³/mol. The van der Waals surface area contributed by atoms with Gasteiger partial charge in [0, 0.05) is 6.54 Å². The molecule has 2 rings (SSSR count). The lowest BCUT2D eigenvalue weighted by Gasteiger charge is -2.19. The summed E-state index contributed by atoms with van der Waals surface area (Å²) in [5.41, 5.74) is 4.75. The Morgan fingerprint density at radius 2 is 2.11 bits per heavy atom. The quantitative estimate of drug-likeness (QED) is 0.845. The molecule has 1 heterocycles. The number of halogens is 2. The highest BCUT2D eigenvalue weighted by Gasteiger charge is 2.40. The first-order valence-corrected chi connectivity index (χ1v) is 5.86. The van der Waals surface area contributed by atoms with E-state index >= 15 is 0 Å². The van der Waals surface area contributed by atoms with Crippen molar-refractivity contribution < 1.29 is 18.8 Å². The SMILES string of the molecule is CC(CN1C(=O)C(=O)c2c(Cl)ccc(F)c21)C(N)=O. The molecule has 1 aliphatic rings. The van der Waals surface area contributed by atoms with Crippen molar-refractivity contribution in [2.24, 2.45) is 11.7 Å². The van der Waals surface area contributed by atoms with Crippen molar-refractivity contribution in [3.63, 3.8) is 0 Å². The lowest BCUT2D eigenvalue weighted by atomic mass is 10.1. The number of anilines is 1. The second-order valence-electron chi connectivity index (χ2n) is 4.30. The number of hydrogen-bond donors (Lipinski definition) is 1. The lowest BCUT2D eigenvalue weighted by molar-refractivity contribution is -0.121. The summed E-state index contributed by atoms with van der Waals surface area (Å²) in [6.45, 7) is 1.32. The topological polar surface area (TPSA) is 80.5 Å². The molecule has 0 radical (unpaired) electrons. The van der Waals surface area contributed by atoms with E-state index in [0.717, 1.165) is 11.0 Å². The predicted octanol–water partition coefficient (Wildman–Crippen LogP) is 1.13. The number of carbonyl (C=O) groups is 3. The van der Waals surface area contributed by atoms with Gasteiger partial charge in [0.15, 0.2) is 0 Å². The van der Waals surface area contributed by atoms with Crippen LogP contribution in [0.5, 0.6) is 0 Å². The molecule has 19 heavy (non-hydrogen) atoms. The number of rotatable bonds is 3. The Morgan fingerprint density at radius 3 is 2.68 bits per heavy atom. The van der Waals surface area contributed by atoms with Crippen molar-refractivity contribution in [2.45, 2.75) is 6.92 Å². The zero-order chi connectivity index (χ0) is 14.3. The summed E-state index contributed by atoms with van der Waals surface area (Å²) in [5.74, 6) is -3.88. The molecular formula is C12H10ClFN2O3. The Bertz CT molecular complexity index is 603. The van der Waals surface area contributed by atoms with Gasteiger partial charge in [0.05, 0.1) is 22.2 Å². The molecule has 7 heteroatoms. The van der Waals surface area contributed by atoms with E-state index in [-0.39, 0.29) is 22.8 Å². The second-order valence-corrected chi connectivity index (χ2v) is 4.71. The number of amides is 2. The van der Waals surface area contributed by atoms with E-state index in [1.807, 2.05) is 0 Å². The molecule has 0 fully saturated rings. The monoisotopic (exact) mass is 284 g/mol. The number of fused-ring (bicyclic) bond motifs is 1. The van der Waals surface area contributed by atoms with Crippen LogP contribution in [0.15, 0.2) is 12.1 Å². The van der Waals surface area contributed by atoms with Crippen LogP contribution in [0.25, 0.3) is 0 Å². The fourth-order valence-corrected chi connectivity index (χ4v) is 2.13. The second kappa shape index (κ2) is 4.62. The van der Waals surface area contributed by atoms with Crippen LogP contribution in [0.1, 0.15) is 17.3 Å². The number of ketones is 1. The summed E-state index contributed by atoms with van der Waals surface area (Å²) < 4.78 is 13.8. The molecule has 1 atom stereocenters. The van der Waals surface area contributed by atoms with E-state index in [0.29, 0.717) is 0 Å². The summed E-state index contributed by atoms with van der Waals surface area (Å²) in [7, 11) is 0. The third-order valence-corrected chi connectivity index (χ3v) is 3.27. The van der Waals surface area contributed by atoms with Crippen LogP contribution in [0.2, 0.25) is 5.02 Å². The van der Waals surface area contributed by atoms with Gasteiger partial charge in [-0.15, -0.1) is 0 Å². The highest BCUT2D eigenvalue weighted by Crippen LogP contribution is 2.36. The number of Topliss-reactive ketones (excluding diaryl/α,β-unsaturated/α-hetero) is 1. The lowest BCUT2D eigenvalue weighted by Crippen LogP contribution is -2.38. The fourth-order valence-electron chi connectivity index (χ4n) is 1.89. The van der Waals surface area contributed by atoms with Gasteiger partial charge in [-0.1, -0.05) is 18.5 Å². The average molecular weight is 285 g/mol. The first kappa shape index (κ1) is 13.5. The standard InChI is InChI=1S/C12H10ClFN2O3/c1-5(11(15)18)4-16-9-7(14)3-2-6(13)8(9)10(17)12(16)19/h2-3,5H,4H2,1H3,(H2,15,18). The summed E-state index contributed by atoms with van der Waals surface area (Å²) in [6.07, 6.45) is 0. The minimum Gasteiger partial charge on any atom is -0.369 e. The highest BCUT2D eigenvalue weighted by molar-refractivity contribution is 6.55. The summed E-state index contributed by atoms with van der Waals surface area (Å²) in [6, 6.07) is 2.27. The van der Waals surface area contributed by atoms with Crippen LogP contribution >= 0.6 is 11.6 Å². The molecule has 0 aromatic heterocycles. The van der Waals surface area contributed by atoms with Gasteiger partial charge in [0.2, 0.25) is 5.91 Å². The van der Waals surface area contributed by atoms with Crippen LogP contribution in [-0.4, -0.2) is 24.1 Å². The van der Waals surface area contributed by atoms with Crippen molar-refractivity contribution in [2.75, 3.05) is 11.4 Å². The molecule has 0 aliphatic carbocycles. The van der Waals surface area contributed by atoms with Crippen molar-refractivity contribution in [1.29, 1.82) is 0 Å². The van der Waals surface area contributed by atoms with Gasteiger partial charge in [-0.25, -0.2) is 4.39 Å². The summed E-state index contributed by atoms with van der Waals surface area (Å²) in [4.78, 5) is 35.5. The molecule has 1 unspecified atom stereocenters. The van der Waals surface area contributed by atoms with Gasteiger partial charge >= 0.3 is 0 Å². The highest BCUT2D eigenvalue weighted by atomic mass is 35.5. The minimum absolute atomic E-state index is 0.00368. The summed E-state index contributed by atoms with van der Waals surface area (Å²) in [5, 5.41) is 0.00368. The van der Waals surface area contributed by atoms with E-state index in [9.17, 15) is 18.8 Å².